The number of benzene rings is 3. The topological polar surface area (TPSA) is 0 Å². The zero-order valence-corrected chi connectivity index (χ0v) is 16.0. The van der Waals surface area contributed by atoms with Crippen LogP contribution in [0.2, 0.25) is 0 Å². The van der Waals surface area contributed by atoms with Crippen LogP contribution in [0.4, 0.5) is 26.3 Å². The molecule has 3 aromatic rings. The molecule has 0 unspecified atom stereocenters. The van der Waals surface area contributed by atoms with Gasteiger partial charge in [0.05, 0.1) is 11.1 Å². The number of hydrogen-bond donors (Lipinski definition) is 0. The zero-order chi connectivity index (χ0) is 21.6. The third-order valence-corrected chi connectivity index (χ3v) is 4.98. The summed E-state index contributed by atoms with van der Waals surface area (Å²) in [5, 5.41) is 0. The number of aryl methyl sites for hydroxylation is 3. The molecule has 0 N–H and O–H groups in total. The third-order valence-electron chi connectivity index (χ3n) is 4.98. The molecule has 3 rings (SSSR count). The fourth-order valence-corrected chi connectivity index (χ4v) is 3.14. The number of rotatable bonds is 2. The van der Waals surface area contributed by atoms with Gasteiger partial charge in [-0.1, -0.05) is 30.3 Å². The third kappa shape index (κ3) is 4.47. The van der Waals surface area contributed by atoms with Gasteiger partial charge in [-0.05, 0) is 84.0 Å². The van der Waals surface area contributed by atoms with Gasteiger partial charge < -0.3 is 0 Å². The lowest BCUT2D eigenvalue weighted by molar-refractivity contribution is -0.143. The van der Waals surface area contributed by atoms with Crippen LogP contribution >= 0.6 is 0 Å². The second-order valence-electron chi connectivity index (χ2n) is 7.12. The van der Waals surface area contributed by atoms with E-state index in [1.807, 2.05) is 32.0 Å². The smallest absolute Gasteiger partial charge is 0.166 e. The van der Waals surface area contributed by atoms with Gasteiger partial charge in [0.15, 0.2) is 0 Å². The largest absolute Gasteiger partial charge is 0.416 e. The summed E-state index contributed by atoms with van der Waals surface area (Å²) in [7, 11) is 0. The highest BCUT2D eigenvalue weighted by molar-refractivity contribution is 5.76. The number of alkyl halides is 6. The quantitative estimate of drug-likeness (QED) is 0.377. The first-order valence-corrected chi connectivity index (χ1v) is 8.84. The molecule has 0 saturated carbocycles. The van der Waals surface area contributed by atoms with E-state index in [2.05, 4.69) is 0 Å². The molecule has 0 spiro atoms. The Bertz CT molecular complexity index is 1030. The zero-order valence-electron chi connectivity index (χ0n) is 16.0. The van der Waals surface area contributed by atoms with Crippen LogP contribution in [0.15, 0.2) is 54.6 Å². The van der Waals surface area contributed by atoms with Crippen molar-refractivity contribution in [2.75, 3.05) is 0 Å². The Morgan fingerprint density at radius 3 is 1.45 bits per heavy atom. The summed E-state index contributed by atoms with van der Waals surface area (Å²) in [5.74, 6) is 0. The molecule has 0 amide bonds. The van der Waals surface area contributed by atoms with E-state index in [1.54, 1.807) is 25.1 Å². The molecule has 0 aromatic heterocycles. The molecule has 152 valence electrons. The minimum Gasteiger partial charge on any atom is -0.166 e. The maximum Gasteiger partial charge on any atom is 0.416 e. The van der Waals surface area contributed by atoms with E-state index in [9.17, 15) is 26.3 Å². The molecule has 3 aromatic carbocycles. The molecule has 0 aliphatic carbocycles. The van der Waals surface area contributed by atoms with Gasteiger partial charge >= 0.3 is 12.4 Å². The molecular weight excluding hydrogens is 390 g/mol. The van der Waals surface area contributed by atoms with Crippen molar-refractivity contribution >= 4 is 0 Å². The monoisotopic (exact) mass is 408 g/mol. The van der Waals surface area contributed by atoms with Crippen LogP contribution in [0.5, 0.6) is 0 Å². The van der Waals surface area contributed by atoms with Crippen LogP contribution in [0.25, 0.3) is 22.3 Å². The van der Waals surface area contributed by atoms with Crippen molar-refractivity contribution in [2.45, 2.75) is 33.1 Å². The first-order chi connectivity index (χ1) is 13.4. The first-order valence-electron chi connectivity index (χ1n) is 8.84. The Morgan fingerprint density at radius 2 is 0.966 bits per heavy atom. The fourth-order valence-electron chi connectivity index (χ4n) is 3.14. The minimum atomic E-state index is -4.88. The Balaban J connectivity index is 2.21. The van der Waals surface area contributed by atoms with Crippen molar-refractivity contribution in [3.63, 3.8) is 0 Å². The molecule has 29 heavy (non-hydrogen) atoms. The molecule has 0 bridgehead atoms. The van der Waals surface area contributed by atoms with Crippen molar-refractivity contribution in [3.8, 4) is 22.3 Å². The van der Waals surface area contributed by atoms with Gasteiger partial charge in [0.2, 0.25) is 0 Å². The van der Waals surface area contributed by atoms with E-state index in [-0.39, 0.29) is 11.6 Å². The van der Waals surface area contributed by atoms with Crippen molar-refractivity contribution < 1.29 is 26.3 Å². The number of halogens is 6. The Labute approximate surface area is 164 Å². The van der Waals surface area contributed by atoms with Gasteiger partial charge in [-0.25, -0.2) is 0 Å². The SMILES string of the molecule is Cc1ccc(-c2ccc(C)c(-c3cc(C(F)(F)F)cc(C(F)(F)F)c3)c2)cc1C. The standard InChI is InChI=1S/C23H18F6/c1-13-4-6-16(8-15(13)3)17-7-5-14(2)21(11-17)18-9-19(22(24,25)26)12-20(10-18)23(27,28)29/h4-12H,1-3H3. The average molecular weight is 408 g/mol. The van der Waals surface area contributed by atoms with E-state index in [1.165, 1.54) is 0 Å². The molecule has 0 atom stereocenters. The van der Waals surface area contributed by atoms with Gasteiger partial charge in [-0.15, -0.1) is 0 Å². The summed E-state index contributed by atoms with van der Waals surface area (Å²) in [5.41, 5.74) is 1.86. The molecule has 0 saturated heterocycles. The highest BCUT2D eigenvalue weighted by Gasteiger charge is 2.37. The van der Waals surface area contributed by atoms with E-state index in [0.29, 0.717) is 11.1 Å². The van der Waals surface area contributed by atoms with Crippen molar-refractivity contribution in [1.82, 2.24) is 0 Å². The van der Waals surface area contributed by atoms with Crippen molar-refractivity contribution in [2.24, 2.45) is 0 Å². The van der Waals surface area contributed by atoms with Crippen LogP contribution < -0.4 is 0 Å². The van der Waals surface area contributed by atoms with E-state index in [4.69, 9.17) is 0 Å². The normalized spacial score (nSPS) is 12.3. The summed E-state index contributed by atoms with van der Waals surface area (Å²) in [6.07, 6.45) is -9.76. The molecule has 0 nitrogen and oxygen atoms in total. The minimum absolute atomic E-state index is 0.115. The lowest BCUT2D eigenvalue weighted by Gasteiger charge is -2.16. The molecule has 0 fully saturated rings. The summed E-state index contributed by atoms with van der Waals surface area (Å²) in [6.45, 7) is 5.56. The summed E-state index contributed by atoms with van der Waals surface area (Å²) in [4.78, 5) is 0. The van der Waals surface area contributed by atoms with Crippen LogP contribution in [0.3, 0.4) is 0 Å². The first kappa shape index (κ1) is 21.0. The highest BCUT2D eigenvalue weighted by atomic mass is 19.4. The predicted octanol–water partition coefficient (Wildman–Crippen LogP) is 7.98. The van der Waals surface area contributed by atoms with Gasteiger partial charge in [0, 0.05) is 0 Å². The van der Waals surface area contributed by atoms with Gasteiger partial charge in [-0.2, -0.15) is 26.3 Å². The molecule has 0 aliphatic rings. The van der Waals surface area contributed by atoms with E-state index < -0.39 is 23.5 Å². The predicted molar refractivity (Wildman–Crippen MR) is 102 cm³/mol. The van der Waals surface area contributed by atoms with Crippen molar-refractivity contribution in [3.05, 3.63) is 82.4 Å². The van der Waals surface area contributed by atoms with Crippen LogP contribution in [0.1, 0.15) is 27.8 Å². The molecule has 0 heterocycles. The molecule has 6 heteroatoms. The summed E-state index contributed by atoms with van der Waals surface area (Å²) >= 11 is 0. The molecule has 0 radical (unpaired) electrons. The van der Waals surface area contributed by atoms with E-state index in [0.717, 1.165) is 34.4 Å². The summed E-state index contributed by atoms with van der Waals surface area (Å²) < 4.78 is 79.3. The Kier molecular flexibility index (Phi) is 5.24. The molecule has 0 aliphatic heterocycles. The lowest BCUT2D eigenvalue weighted by Crippen LogP contribution is -2.11. The van der Waals surface area contributed by atoms with Crippen LogP contribution in [0, 0.1) is 20.8 Å². The fraction of sp³-hybridized carbons (Fsp3) is 0.217. The van der Waals surface area contributed by atoms with Crippen molar-refractivity contribution in [1.29, 1.82) is 0 Å². The van der Waals surface area contributed by atoms with Crippen LogP contribution in [-0.2, 0) is 12.4 Å². The second kappa shape index (κ2) is 7.25. The van der Waals surface area contributed by atoms with Gasteiger partial charge in [0.1, 0.15) is 0 Å². The highest BCUT2D eigenvalue weighted by Crippen LogP contribution is 2.40. The number of hydrogen-bond acceptors (Lipinski definition) is 0. The maximum atomic E-state index is 13.2. The lowest BCUT2D eigenvalue weighted by atomic mass is 9.92. The van der Waals surface area contributed by atoms with Gasteiger partial charge in [-0.3, -0.25) is 0 Å². The Hall–Kier alpha value is -2.76. The second-order valence-corrected chi connectivity index (χ2v) is 7.12. The van der Waals surface area contributed by atoms with Crippen LogP contribution in [-0.4, -0.2) is 0 Å². The maximum absolute atomic E-state index is 13.2. The van der Waals surface area contributed by atoms with Gasteiger partial charge in [0.25, 0.3) is 0 Å². The summed E-state index contributed by atoms with van der Waals surface area (Å²) in [6, 6.07) is 12.6. The van der Waals surface area contributed by atoms with E-state index >= 15 is 0 Å². The Morgan fingerprint density at radius 1 is 0.483 bits per heavy atom. The molecular formula is C23H18F6. The average Bonchev–Trinajstić information content (AvgIpc) is 2.62.